The van der Waals surface area contributed by atoms with E-state index in [2.05, 4.69) is 29.8 Å². The van der Waals surface area contributed by atoms with Gasteiger partial charge < -0.3 is 5.73 Å². The molecule has 1 aromatic carbocycles. The summed E-state index contributed by atoms with van der Waals surface area (Å²) in [6.45, 7) is 5.17. The van der Waals surface area contributed by atoms with Crippen LogP contribution in [0, 0.1) is 11.8 Å². The molecule has 0 spiro atoms. The van der Waals surface area contributed by atoms with Crippen molar-refractivity contribution in [2.45, 2.75) is 18.7 Å². The van der Waals surface area contributed by atoms with Crippen LogP contribution in [0.2, 0.25) is 5.02 Å². The van der Waals surface area contributed by atoms with Crippen LogP contribution in [0.4, 0.5) is 5.69 Å². The molecule has 1 aliphatic rings. The molecule has 4 nitrogen and oxygen atoms in total. The number of hydrogen-bond acceptors (Lipinski definition) is 3. The average molecular weight is 368 g/mol. The number of rotatable bonds is 2. The van der Waals surface area contributed by atoms with Gasteiger partial charge in [-0.15, -0.1) is 0 Å². The quantitative estimate of drug-likeness (QED) is 0.817. The van der Waals surface area contributed by atoms with E-state index in [9.17, 15) is 8.42 Å². The summed E-state index contributed by atoms with van der Waals surface area (Å²) in [5, 5.41) is 0.319. The molecule has 2 unspecified atom stereocenters. The molecule has 2 atom stereocenters. The fraction of sp³-hybridized carbons (Fsp3) is 0.500. The van der Waals surface area contributed by atoms with Crippen LogP contribution in [0.15, 0.2) is 21.5 Å². The first-order valence-corrected chi connectivity index (χ1v) is 8.59. The maximum Gasteiger partial charge on any atom is 0.244 e. The van der Waals surface area contributed by atoms with Crippen LogP contribution in [0.3, 0.4) is 0 Å². The fourth-order valence-electron chi connectivity index (χ4n) is 2.18. The van der Waals surface area contributed by atoms with E-state index in [0.717, 1.165) is 0 Å². The summed E-state index contributed by atoms with van der Waals surface area (Å²) < 4.78 is 27.1. The number of halogens is 2. The summed E-state index contributed by atoms with van der Waals surface area (Å²) in [5.74, 6) is 0.704. The predicted molar refractivity (Wildman–Crippen MR) is 80.7 cm³/mol. The van der Waals surface area contributed by atoms with E-state index in [-0.39, 0.29) is 4.90 Å². The van der Waals surface area contributed by atoms with Gasteiger partial charge in [0.1, 0.15) is 0 Å². The molecule has 106 valence electrons. The Bertz CT molecular complexity index is 596. The van der Waals surface area contributed by atoms with Gasteiger partial charge in [-0.25, -0.2) is 8.42 Å². The lowest BCUT2D eigenvalue weighted by molar-refractivity contribution is 0.463. The van der Waals surface area contributed by atoms with Crippen molar-refractivity contribution in [3.8, 4) is 0 Å². The van der Waals surface area contributed by atoms with Gasteiger partial charge in [-0.05, 0) is 39.9 Å². The monoisotopic (exact) mass is 366 g/mol. The minimum absolute atomic E-state index is 0.138. The molecule has 0 bridgehead atoms. The van der Waals surface area contributed by atoms with Crippen LogP contribution >= 0.6 is 27.5 Å². The van der Waals surface area contributed by atoms with Gasteiger partial charge in [0, 0.05) is 23.8 Å². The highest BCUT2D eigenvalue weighted by molar-refractivity contribution is 9.10. The lowest BCUT2D eigenvalue weighted by Crippen LogP contribution is -2.29. The second kappa shape index (κ2) is 5.24. The maximum atomic E-state index is 12.6. The van der Waals surface area contributed by atoms with Gasteiger partial charge in [-0.1, -0.05) is 25.4 Å². The molecule has 1 fully saturated rings. The molecule has 1 aliphatic heterocycles. The van der Waals surface area contributed by atoms with Gasteiger partial charge in [-0.3, -0.25) is 0 Å². The lowest BCUT2D eigenvalue weighted by Gasteiger charge is -2.18. The summed E-state index contributed by atoms with van der Waals surface area (Å²) in [6.07, 6.45) is 0. The zero-order valence-corrected chi connectivity index (χ0v) is 13.9. The first-order valence-electron chi connectivity index (χ1n) is 5.98. The molecule has 0 amide bonds. The van der Waals surface area contributed by atoms with Gasteiger partial charge in [-0.2, -0.15) is 4.31 Å². The zero-order chi connectivity index (χ0) is 14.4. The number of nitrogens with zero attached hydrogens (tertiary/aromatic N) is 1. The molecule has 0 radical (unpaired) electrons. The molecular formula is C12H16BrClN2O2S. The SMILES string of the molecule is CC1CN(S(=O)(=O)c2cc(Cl)cc(N)c2Br)CC1C. The van der Waals surface area contributed by atoms with Crippen molar-refractivity contribution >= 4 is 43.2 Å². The number of hydrogen-bond donors (Lipinski definition) is 1. The summed E-state index contributed by atoms with van der Waals surface area (Å²) >= 11 is 9.15. The Balaban J connectivity index is 2.46. The van der Waals surface area contributed by atoms with E-state index in [1.54, 1.807) is 0 Å². The minimum atomic E-state index is -3.56. The van der Waals surface area contributed by atoms with Crippen molar-refractivity contribution in [1.29, 1.82) is 0 Å². The fourth-order valence-corrected chi connectivity index (χ4v) is 5.08. The molecule has 1 saturated heterocycles. The van der Waals surface area contributed by atoms with Crippen molar-refractivity contribution < 1.29 is 8.42 Å². The lowest BCUT2D eigenvalue weighted by atomic mass is 10.0. The number of benzene rings is 1. The maximum absolute atomic E-state index is 12.6. The van der Waals surface area contributed by atoms with Gasteiger partial charge >= 0.3 is 0 Å². The van der Waals surface area contributed by atoms with Crippen molar-refractivity contribution in [2.24, 2.45) is 11.8 Å². The van der Waals surface area contributed by atoms with Gasteiger partial charge in [0.25, 0.3) is 0 Å². The smallest absolute Gasteiger partial charge is 0.244 e. The molecular weight excluding hydrogens is 352 g/mol. The molecule has 7 heteroatoms. The largest absolute Gasteiger partial charge is 0.398 e. The van der Waals surface area contributed by atoms with Crippen LogP contribution in [0.1, 0.15) is 13.8 Å². The van der Waals surface area contributed by atoms with Crippen molar-refractivity contribution in [3.63, 3.8) is 0 Å². The number of sulfonamides is 1. The number of nitrogens with two attached hydrogens (primary N) is 1. The minimum Gasteiger partial charge on any atom is -0.398 e. The summed E-state index contributed by atoms with van der Waals surface area (Å²) in [4.78, 5) is 0.138. The van der Waals surface area contributed by atoms with E-state index < -0.39 is 10.0 Å². The molecule has 0 saturated carbocycles. The van der Waals surface area contributed by atoms with E-state index in [1.165, 1.54) is 16.4 Å². The van der Waals surface area contributed by atoms with Crippen molar-refractivity contribution in [1.82, 2.24) is 4.31 Å². The average Bonchev–Trinajstić information content (AvgIpc) is 2.65. The zero-order valence-electron chi connectivity index (χ0n) is 10.7. The predicted octanol–water partition coefficient (Wildman–Crippen LogP) is 2.96. The molecule has 0 aromatic heterocycles. The second-order valence-corrected chi connectivity index (χ2v) is 8.22. The van der Waals surface area contributed by atoms with Crippen LogP contribution in [-0.4, -0.2) is 25.8 Å². The Morgan fingerprint density at radius 1 is 1.32 bits per heavy atom. The van der Waals surface area contributed by atoms with Gasteiger partial charge in [0.05, 0.1) is 9.37 Å². The Morgan fingerprint density at radius 3 is 2.37 bits per heavy atom. The molecule has 1 aromatic rings. The summed E-state index contributed by atoms with van der Waals surface area (Å²) in [5.41, 5.74) is 6.08. The summed E-state index contributed by atoms with van der Waals surface area (Å²) in [6, 6.07) is 2.96. The Labute approximate surface area is 127 Å². The highest BCUT2D eigenvalue weighted by Crippen LogP contribution is 2.35. The molecule has 0 aliphatic carbocycles. The molecule has 2 N–H and O–H groups in total. The van der Waals surface area contributed by atoms with E-state index in [0.29, 0.717) is 40.1 Å². The first-order chi connectivity index (χ1) is 8.73. The van der Waals surface area contributed by atoms with Crippen LogP contribution < -0.4 is 5.73 Å². The molecule has 1 heterocycles. The Kier molecular flexibility index (Phi) is 4.16. The third kappa shape index (κ3) is 2.77. The van der Waals surface area contributed by atoms with E-state index in [4.69, 9.17) is 17.3 Å². The highest BCUT2D eigenvalue weighted by atomic mass is 79.9. The van der Waals surface area contributed by atoms with E-state index >= 15 is 0 Å². The van der Waals surface area contributed by atoms with E-state index in [1.807, 2.05) is 0 Å². The number of anilines is 1. The van der Waals surface area contributed by atoms with Crippen LogP contribution in [0.25, 0.3) is 0 Å². The second-order valence-electron chi connectivity index (χ2n) is 5.08. The first kappa shape index (κ1) is 15.1. The summed E-state index contributed by atoms with van der Waals surface area (Å²) in [7, 11) is -3.56. The Morgan fingerprint density at radius 2 is 1.84 bits per heavy atom. The molecule has 2 rings (SSSR count). The topological polar surface area (TPSA) is 63.4 Å². The van der Waals surface area contributed by atoms with Crippen molar-refractivity contribution in [3.05, 3.63) is 21.6 Å². The van der Waals surface area contributed by atoms with Gasteiger partial charge in [0.15, 0.2) is 0 Å². The van der Waals surface area contributed by atoms with Crippen molar-refractivity contribution in [2.75, 3.05) is 18.8 Å². The third-order valence-corrected chi connectivity index (χ3v) is 6.83. The Hall–Kier alpha value is -0.300. The van der Waals surface area contributed by atoms with Gasteiger partial charge in [0.2, 0.25) is 10.0 Å². The normalized spacial score (nSPS) is 24.8. The number of nitrogen functional groups attached to an aromatic ring is 1. The van der Waals surface area contributed by atoms with Crippen LogP contribution in [0.5, 0.6) is 0 Å². The highest BCUT2D eigenvalue weighted by Gasteiger charge is 2.36. The van der Waals surface area contributed by atoms with Crippen LogP contribution in [-0.2, 0) is 10.0 Å². The molecule has 19 heavy (non-hydrogen) atoms. The third-order valence-electron chi connectivity index (χ3n) is 3.60. The standard InChI is InChI=1S/C12H16BrClN2O2S/c1-7-5-16(6-8(7)2)19(17,18)11-4-9(14)3-10(15)12(11)13/h3-4,7-8H,5-6,15H2,1-2H3.